The standard InChI is InChI=1S/C22H17ClF2N4OS/c1-13-5-6-14(9-18(13)25)27-21(30)11-29-20-10-26-8-7-19(20)28-22(29)31-12-15-16(23)3-2-4-17(15)24/h2-10H,11-12H2,1H3,(H,27,30). The van der Waals surface area contributed by atoms with Gasteiger partial charge in [-0.15, -0.1) is 0 Å². The topological polar surface area (TPSA) is 59.8 Å². The van der Waals surface area contributed by atoms with Crippen LogP contribution in [0, 0.1) is 18.6 Å². The molecule has 1 N–H and O–H groups in total. The highest BCUT2D eigenvalue weighted by Gasteiger charge is 2.17. The van der Waals surface area contributed by atoms with Gasteiger partial charge in [-0.2, -0.15) is 0 Å². The number of aromatic nitrogens is 3. The minimum Gasteiger partial charge on any atom is -0.324 e. The van der Waals surface area contributed by atoms with Crippen LogP contribution >= 0.6 is 23.4 Å². The Bertz CT molecular complexity index is 1260. The molecule has 0 atom stereocenters. The Morgan fingerprint density at radius 3 is 2.81 bits per heavy atom. The highest BCUT2D eigenvalue weighted by atomic mass is 35.5. The van der Waals surface area contributed by atoms with E-state index in [1.807, 2.05) is 0 Å². The van der Waals surface area contributed by atoms with Gasteiger partial charge in [-0.05, 0) is 42.8 Å². The van der Waals surface area contributed by atoms with Crippen LogP contribution in [-0.4, -0.2) is 20.4 Å². The van der Waals surface area contributed by atoms with Crippen LogP contribution in [-0.2, 0) is 17.1 Å². The fraction of sp³-hybridized carbons (Fsp3) is 0.136. The summed E-state index contributed by atoms with van der Waals surface area (Å²) < 4.78 is 29.6. The lowest BCUT2D eigenvalue weighted by Gasteiger charge is -2.11. The molecule has 0 bridgehead atoms. The molecule has 158 valence electrons. The number of carbonyl (C=O) groups is 1. The van der Waals surface area contributed by atoms with Crippen LogP contribution in [0.4, 0.5) is 14.5 Å². The molecule has 0 saturated carbocycles. The molecule has 31 heavy (non-hydrogen) atoms. The predicted octanol–water partition coefficient (Wildman–Crippen LogP) is 5.60. The van der Waals surface area contributed by atoms with Crippen LogP contribution in [0.25, 0.3) is 11.0 Å². The fourth-order valence-electron chi connectivity index (χ4n) is 3.03. The molecule has 9 heteroatoms. The van der Waals surface area contributed by atoms with Crippen LogP contribution in [0.15, 0.2) is 60.0 Å². The third-order valence-electron chi connectivity index (χ3n) is 4.68. The number of nitrogens with one attached hydrogen (secondary N) is 1. The van der Waals surface area contributed by atoms with Crippen LogP contribution < -0.4 is 5.32 Å². The number of anilines is 1. The first kappa shape index (κ1) is 21.3. The number of imidazole rings is 1. The smallest absolute Gasteiger partial charge is 0.244 e. The average Bonchev–Trinajstić information content (AvgIpc) is 3.08. The van der Waals surface area contributed by atoms with Gasteiger partial charge < -0.3 is 9.88 Å². The Morgan fingerprint density at radius 1 is 1.19 bits per heavy atom. The first-order valence-corrected chi connectivity index (χ1v) is 10.7. The van der Waals surface area contributed by atoms with Crippen molar-refractivity contribution in [3.05, 3.63) is 82.6 Å². The molecule has 0 unspecified atom stereocenters. The number of fused-ring (bicyclic) bond motifs is 1. The monoisotopic (exact) mass is 458 g/mol. The number of nitrogens with zero attached hydrogens (tertiary/aromatic N) is 3. The van der Waals surface area contributed by atoms with Gasteiger partial charge in [-0.25, -0.2) is 13.8 Å². The van der Waals surface area contributed by atoms with Gasteiger partial charge in [0.2, 0.25) is 5.91 Å². The number of amides is 1. The summed E-state index contributed by atoms with van der Waals surface area (Å²) in [6.07, 6.45) is 3.22. The van der Waals surface area contributed by atoms with E-state index in [2.05, 4.69) is 15.3 Å². The normalized spacial score (nSPS) is 11.1. The van der Waals surface area contributed by atoms with E-state index in [9.17, 15) is 13.6 Å². The van der Waals surface area contributed by atoms with Gasteiger partial charge in [0.25, 0.3) is 0 Å². The Labute approximate surface area is 186 Å². The highest BCUT2D eigenvalue weighted by Crippen LogP contribution is 2.30. The molecule has 0 aliphatic rings. The molecule has 4 rings (SSSR count). The summed E-state index contributed by atoms with van der Waals surface area (Å²) in [5.74, 6) is -0.902. The van der Waals surface area contributed by atoms with Crippen molar-refractivity contribution >= 4 is 46.0 Å². The minimum absolute atomic E-state index is 0.0645. The van der Waals surface area contributed by atoms with Gasteiger partial charge in [0.05, 0.1) is 17.2 Å². The zero-order chi connectivity index (χ0) is 22.0. The van der Waals surface area contributed by atoms with Crippen molar-refractivity contribution in [3.63, 3.8) is 0 Å². The number of thioether (sulfide) groups is 1. The lowest BCUT2D eigenvalue weighted by Crippen LogP contribution is -2.19. The second-order valence-electron chi connectivity index (χ2n) is 6.85. The number of hydrogen-bond donors (Lipinski definition) is 1. The first-order valence-electron chi connectivity index (χ1n) is 9.34. The lowest BCUT2D eigenvalue weighted by atomic mass is 10.2. The van der Waals surface area contributed by atoms with Crippen molar-refractivity contribution in [2.45, 2.75) is 24.4 Å². The van der Waals surface area contributed by atoms with Crippen LogP contribution in [0.1, 0.15) is 11.1 Å². The number of benzene rings is 2. The number of halogens is 3. The summed E-state index contributed by atoms with van der Waals surface area (Å²) in [5, 5.41) is 3.54. The highest BCUT2D eigenvalue weighted by molar-refractivity contribution is 7.98. The van der Waals surface area contributed by atoms with E-state index in [0.717, 1.165) is 0 Å². The van der Waals surface area contributed by atoms with E-state index in [1.165, 1.54) is 23.9 Å². The molecular weight excluding hydrogens is 442 g/mol. The van der Waals surface area contributed by atoms with Crippen LogP contribution in [0.2, 0.25) is 5.02 Å². The summed E-state index contributed by atoms with van der Waals surface area (Å²) in [5.41, 5.74) is 2.55. The van der Waals surface area contributed by atoms with E-state index in [0.29, 0.717) is 38.0 Å². The molecule has 2 heterocycles. The zero-order valence-corrected chi connectivity index (χ0v) is 18.0. The molecule has 0 fully saturated rings. The third kappa shape index (κ3) is 4.70. The number of rotatable bonds is 6. The minimum atomic E-state index is -0.400. The predicted molar refractivity (Wildman–Crippen MR) is 118 cm³/mol. The molecule has 2 aromatic heterocycles. The van der Waals surface area contributed by atoms with E-state index < -0.39 is 11.6 Å². The van der Waals surface area contributed by atoms with Gasteiger partial charge in [-0.1, -0.05) is 35.5 Å². The maximum Gasteiger partial charge on any atom is 0.244 e. The summed E-state index contributed by atoms with van der Waals surface area (Å²) in [4.78, 5) is 21.3. The molecular formula is C22H17ClF2N4OS. The number of aryl methyl sites for hydroxylation is 1. The van der Waals surface area contributed by atoms with E-state index in [-0.39, 0.29) is 18.2 Å². The van der Waals surface area contributed by atoms with Gasteiger partial charge in [-0.3, -0.25) is 9.78 Å². The van der Waals surface area contributed by atoms with E-state index >= 15 is 0 Å². The molecule has 5 nitrogen and oxygen atoms in total. The van der Waals surface area contributed by atoms with Crippen molar-refractivity contribution < 1.29 is 13.6 Å². The number of hydrogen-bond acceptors (Lipinski definition) is 4. The number of carbonyl (C=O) groups excluding carboxylic acids is 1. The Hall–Kier alpha value is -2.97. The summed E-state index contributed by atoms with van der Waals surface area (Å²) in [6.45, 7) is 1.59. The molecule has 0 spiro atoms. The first-order chi connectivity index (χ1) is 14.9. The second-order valence-corrected chi connectivity index (χ2v) is 8.20. The SMILES string of the molecule is Cc1ccc(NC(=O)Cn2c(SCc3c(F)cccc3Cl)nc3ccncc32)cc1F. The molecule has 0 aliphatic carbocycles. The van der Waals surface area contributed by atoms with E-state index in [1.54, 1.807) is 54.2 Å². The maximum atomic E-state index is 14.1. The Kier molecular flexibility index (Phi) is 6.20. The van der Waals surface area contributed by atoms with Crippen LogP contribution in [0.5, 0.6) is 0 Å². The fourth-order valence-corrected chi connectivity index (χ4v) is 4.39. The van der Waals surface area contributed by atoms with Gasteiger partial charge in [0.15, 0.2) is 5.16 Å². The average molecular weight is 459 g/mol. The van der Waals surface area contributed by atoms with Crippen molar-refractivity contribution in [1.29, 1.82) is 0 Å². The van der Waals surface area contributed by atoms with Crippen molar-refractivity contribution in [1.82, 2.24) is 14.5 Å². The Morgan fingerprint density at radius 2 is 2.03 bits per heavy atom. The molecule has 1 amide bonds. The van der Waals surface area contributed by atoms with Gasteiger partial charge in [0.1, 0.15) is 18.2 Å². The summed E-state index contributed by atoms with van der Waals surface area (Å²) in [7, 11) is 0. The number of pyridine rings is 1. The molecule has 0 aliphatic heterocycles. The maximum absolute atomic E-state index is 14.1. The quantitative estimate of drug-likeness (QED) is 0.382. The van der Waals surface area contributed by atoms with Gasteiger partial charge in [0, 0.05) is 28.2 Å². The largest absolute Gasteiger partial charge is 0.324 e. The third-order valence-corrected chi connectivity index (χ3v) is 6.04. The van der Waals surface area contributed by atoms with Crippen molar-refractivity contribution in [2.75, 3.05) is 5.32 Å². The zero-order valence-electron chi connectivity index (χ0n) is 16.4. The summed E-state index contributed by atoms with van der Waals surface area (Å²) in [6, 6.07) is 10.8. The van der Waals surface area contributed by atoms with Crippen molar-refractivity contribution in [3.8, 4) is 0 Å². The Balaban J connectivity index is 1.59. The molecule has 4 aromatic rings. The van der Waals surface area contributed by atoms with E-state index in [4.69, 9.17) is 11.6 Å². The molecule has 2 aromatic carbocycles. The second kappa shape index (κ2) is 9.03. The van der Waals surface area contributed by atoms with Gasteiger partial charge >= 0.3 is 0 Å². The molecule has 0 radical (unpaired) electrons. The molecule has 0 saturated heterocycles. The lowest BCUT2D eigenvalue weighted by molar-refractivity contribution is -0.116. The summed E-state index contributed by atoms with van der Waals surface area (Å²) >= 11 is 7.39. The van der Waals surface area contributed by atoms with Crippen molar-refractivity contribution in [2.24, 2.45) is 0 Å². The van der Waals surface area contributed by atoms with Crippen LogP contribution in [0.3, 0.4) is 0 Å².